The van der Waals surface area contributed by atoms with E-state index in [1.54, 1.807) is 33.4 Å². The van der Waals surface area contributed by atoms with Crippen LogP contribution in [0, 0.1) is 33.6 Å². The molecule has 26 heavy (non-hydrogen) atoms. The van der Waals surface area contributed by atoms with E-state index in [1.165, 1.54) is 28.7 Å². The predicted octanol–water partition coefficient (Wildman–Crippen LogP) is 6.62. The molecule has 1 aliphatic heterocycles. The molecule has 0 nitrogen and oxygen atoms in total. The standard InChI is InChI=1S/C25H26.Sc/c1-6-21(19-11-22-15(2)7-8-16(3)23(22)12-19)20-13-24-17(4)9-10-18(5)25(24)14-20;/h7-14,21H,6H2,1-5H3;. The zero-order valence-corrected chi connectivity index (χ0v) is 18.3. The maximum absolute atomic E-state index is 2.59. The number of benzene rings is 2. The van der Waals surface area contributed by atoms with Crippen molar-refractivity contribution in [2.45, 2.75) is 48.4 Å². The second-order valence-electron chi connectivity index (χ2n) is 8.45. The van der Waals surface area contributed by atoms with Gasteiger partial charge in [0.05, 0.1) is 0 Å². The molecule has 129 valence electrons. The van der Waals surface area contributed by atoms with E-state index < -0.39 is 22.9 Å². The predicted molar refractivity (Wildman–Crippen MR) is 107 cm³/mol. The van der Waals surface area contributed by atoms with E-state index in [2.05, 4.69) is 71.0 Å². The molecule has 0 amide bonds. The first-order chi connectivity index (χ1) is 12.5. The third kappa shape index (κ3) is 2.16. The molecule has 1 fully saturated rings. The van der Waals surface area contributed by atoms with Gasteiger partial charge in [0.25, 0.3) is 0 Å². The Kier molecular flexibility index (Phi) is 3.84. The van der Waals surface area contributed by atoms with Gasteiger partial charge in [-0.25, -0.2) is 0 Å². The van der Waals surface area contributed by atoms with Crippen LogP contribution in [0.2, 0.25) is 0 Å². The van der Waals surface area contributed by atoms with E-state index in [0.29, 0.717) is 5.92 Å². The number of hydrogen-bond donors (Lipinski definition) is 0. The summed E-state index contributed by atoms with van der Waals surface area (Å²) < 4.78 is 1.54. The van der Waals surface area contributed by atoms with E-state index >= 15 is 0 Å². The molecule has 2 atom stereocenters. The molecule has 3 aliphatic rings. The summed E-state index contributed by atoms with van der Waals surface area (Å²) in [7, 11) is 0. The Morgan fingerprint density at radius 3 is 1.54 bits per heavy atom. The van der Waals surface area contributed by atoms with Crippen molar-refractivity contribution in [2.75, 3.05) is 0 Å². The summed E-state index contributed by atoms with van der Waals surface area (Å²) in [6.07, 6.45) is 6.42. The van der Waals surface area contributed by atoms with Crippen LogP contribution in [0.5, 0.6) is 0 Å². The van der Waals surface area contributed by atoms with Gasteiger partial charge in [0.1, 0.15) is 0 Å². The van der Waals surface area contributed by atoms with Crippen LogP contribution in [0.1, 0.15) is 65.2 Å². The first kappa shape index (κ1) is 16.9. The molecule has 0 radical (unpaired) electrons. The van der Waals surface area contributed by atoms with Crippen molar-refractivity contribution in [3.05, 3.63) is 79.9 Å². The van der Waals surface area contributed by atoms with Gasteiger partial charge in [-0.15, -0.1) is 0 Å². The van der Waals surface area contributed by atoms with Gasteiger partial charge in [0, 0.05) is 0 Å². The fourth-order valence-corrected chi connectivity index (χ4v) is 9.97. The van der Waals surface area contributed by atoms with Crippen LogP contribution >= 0.6 is 0 Å². The molecule has 2 aliphatic carbocycles. The number of aryl methyl sites for hydroxylation is 4. The number of allylic oxidation sites excluding steroid dienone is 2. The summed E-state index contributed by atoms with van der Waals surface area (Å²) in [5.74, 6) is 0.647. The quantitative estimate of drug-likeness (QED) is 0.528. The Balaban J connectivity index is 1.71. The summed E-state index contributed by atoms with van der Waals surface area (Å²) in [5, 5.41) is 0. The van der Waals surface area contributed by atoms with Crippen LogP contribution in [-0.2, 0) is 22.9 Å². The Bertz CT molecular complexity index is 926. The normalized spacial score (nSPS) is 24.6. The first-order valence-corrected chi connectivity index (χ1v) is 12.1. The molecule has 0 bridgehead atoms. The van der Waals surface area contributed by atoms with Crippen molar-refractivity contribution in [1.29, 1.82) is 0 Å². The Morgan fingerprint density at radius 1 is 0.692 bits per heavy atom. The van der Waals surface area contributed by atoms with Crippen LogP contribution in [0.4, 0.5) is 0 Å². The molecule has 1 heterocycles. The van der Waals surface area contributed by atoms with Crippen LogP contribution in [-0.4, -0.2) is 0 Å². The second-order valence-corrected chi connectivity index (χ2v) is 11.1. The van der Waals surface area contributed by atoms with Gasteiger partial charge in [-0.1, -0.05) is 0 Å². The average molecular weight is 371 g/mol. The molecule has 0 spiro atoms. The van der Waals surface area contributed by atoms with E-state index in [-0.39, 0.29) is 0 Å². The molecular weight excluding hydrogens is 345 g/mol. The van der Waals surface area contributed by atoms with E-state index in [0.717, 1.165) is 7.35 Å². The Morgan fingerprint density at radius 2 is 1.12 bits per heavy atom. The van der Waals surface area contributed by atoms with Crippen LogP contribution in [0.15, 0.2) is 35.4 Å². The van der Waals surface area contributed by atoms with Crippen molar-refractivity contribution in [2.24, 2.45) is 5.92 Å². The third-order valence-corrected chi connectivity index (χ3v) is 10.5. The molecule has 0 saturated carbocycles. The van der Waals surface area contributed by atoms with Crippen molar-refractivity contribution in [3.63, 3.8) is 0 Å². The van der Waals surface area contributed by atoms with Crippen molar-refractivity contribution in [3.8, 4) is 0 Å². The van der Waals surface area contributed by atoms with E-state index in [1.807, 2.05) is 0 Å². The minimum absolute atomic E-state index is 0.498. The van der Waals surface area contributed by atoms with Gasteiger partial charge < -0.3 is 0 Å². The van der Waals surface area contributed by atoms with E-state index in [9.17, 15) is 0 Å². The summed E-state index contributed by atoms with van der Waals surface area (Å²) in [5.41, 5.74) is 16.0. The monoisotopic (exact) mass is 371 g/mol. The second kappa shape index (κ2) is 5.89. The van der Waals surface area contributed by atoms with Crippen molar-refractivity contribution in [1.82, 2.24) is 0 Å². The third-order valence-electron chi connectivity index (χ3n) is 7.01. The van der Waals surface area contributed by atoms with Gasteiger partial charge >= 0.3 is 169 Å². The zero-order valence-electron chi connectivity index (χ0n) is 16.5. The summed E-state index contributed by atoms with van der Waals surface area (Å²) in [4.78, 5) is 0. The first-order valence-electron chi connectivity index (χ1n) is 9.99. The molecule has 2 unspecified atom stereocenters. The summed E-state index contributed by atoms with van der Waals surface area (Å²) in [6, 6.07) is 9.34. The van der Waals surface area contributed by atoms with Gasteiger partial charge in [-0.2, -0.15) is 0 Å². The molecule has 0 aromatic heterocycles. The van der Waals surface area contributed by atoms with Gasteiger partial charge in [-0.05, 0) is 0 Å². The van der Waals surface area contributed by atoms with Gasteiger partial charge in [-0.3, -0.25) is 0 Å². The fraction of sp³-hybridized carbons (Fsp3) is 0.360. The van der Waals surface area contributed by atoms with Crippen LogP contribution in [0.25, 0.3) is 12.2 Å². The molecule has 1 saturated heterocycles. The van der Waals surface area contributed by atoms with Gasteiger partial charge in [0.2, 0.25) is 0 Å². The zero-order chi connectivity index (χ0) is 18.2. The molecule has 1 heteroatoms. The maximum atomic E-state index is 2.59. The van der Waals surface area contributed by atoms with Gasteiger partial charge in [0.15, 0.2) is 0 Å². The van der Waals surface area contributed by atoms with Crippen LogP contribution < -0.4 is 0 Å². The topological polar surface area (TPSA) is 0 Å². The number of rotatable bonds is 1. The molecule has 5 rings (SSSR count). The average Bonchev–Trinajstić information content (AvgIpc) is 3.19. The van der Waals surface area contributed by atoms with E-state index in [4.69, 9.17) is 0 Å². The van der Waals surface area contributed by atoms with Crippen LogP contribution in [0.3, 0.4) is 0 Å². The molecule has 2 aromatic carbocycles. The minimum atomic E-state index is -0.498. The SMILES string of the molecule is CCC1C2=Cc3c(C)ccc(C)c3[CH]2[Sc][CH]2C1=Cc1c(C)ccc(C)c12. The van der Waals surface area contributed by atoms with Crippen molar-refractivity contribution >= 4 is 12.2 Å². The summed E-state index contributed by atoms with van der Waals surface area (Å²) >= 11 is -0.498. The molecular formula is C25H26Sc. The number of hydrogen-bond acceptors (Lipinski definition) is 0. The van der Waals surface area contributed by atoms with Crippen molar-refractivity contribution < 1.29 is 22.9 Å². The summed E-state index contributed by atoms with van der Waals surface area (Å²) in [6.45, 7) is 11.6. The fourth-order valence-electron chi connectivity index (χ4n) is 5.67. The number of fused-ring (bicyclic) bond motifs is 6. The molecule has 2 aromatic rings. The molecule has 0 N–H and O–H groups in total. The Hall–Kier alpha value is -1.21. The Labute approximate surface area is 168 Å².